The first-order valence-electron chi connectivity index (χ1n) is 6.10. The van der Waals surface area contributed by atoms with Crippen molar-refractivity contribution >= 4 is 8.25 Å². The Morgan fingerprint density at radius 3 is 2.95 bits per heavy atom. The number of aromatic amines is 2. The average Bonchev–Trinajstić information content (AvgIpc) is 2.88. The van der Waals surface area contributed by atoms with Crippen LogP contribution in [0.4, 0.5) is 0 Å². The standard InChI is InChI=1S/C10H14N5O6P/c1-6-2-15(10(17)11-9(6)16)3-7-8(13-14-12-7)4-20-5-21-22(18)19/h2,22H,3-5H2,1H3,(H,18,19)(H,11,16,17)(H,12,13,14). The van der Waals surface area contributed by atoms with Gasteiger partial charge in [0.25, 0.3) is 5.56 Å². The molecule has 1 atom stereocenters. The quantitative estimate of drug-likeness (QED) is 0.328. The lowest BCUT2D eigenvalue weighted by molar-refractivity contribution is 0.00214. The van der Waals surface area contributed by atoms with Crippen LogP contribution < -0.4 is 11.2 Å². The summed E-state index contributed by atoms with van der Waals surface area (Å²) in [5, 5.41) is 10.0. The number of ether oxygens (including phenoxy) is 1. The van der Waals surface area contributed by atoms with Crippen molar-refractivity contribution in [2.45, 2.75) is 20.1 Å². The van der Waals surface area contributed by atoms with Crippen LogP contribution in [-0.4, -0.2) is 36.6 Å². The summed E-state index contributed by atoms with van der Waals surface area (Å²) in [5.41, 5.74) is 0.316. The van der Waals surface area contributed by atoms with Gasteiger partial charge < -0.3 is 9.63 Å². The molecule has 0 fully saturated rings. The third kappa shape index (κ3) is 4.21. The lowest BCUT2D eigenvalue weighted by Crippen LogP contribution is -2.31. The maximum atomic E-state index is 11.7. The van der Waals surface area contributed by atoms with Crippen molar-refractivity contribution < 1.29 is 18.7 Å². The van der Waals surface area contributed by atoms with Gasteiger partial charge in [-0.15, -0.1) is 5.10 Å². The van der Waals surface area contributed by atoms with Crippen LogP contribution in [0.3, 0.4) is 0 Å². The minimum Gasteiger partial charge on any atom is -0.348 e. The van der Waals surface area contributed by atoms with Crippen LogP contribution in [0.1, 0.15) is 17.0 Å². The van der Waals surface area contributed by atoms with E-state index in [4.69, 9.17) is 9.63 Å². The SMILES string of the molecule is Cc1cn(Cc2[nH]nnc2COCO[PH](=O)O)c(=O)[nH]c1=O. The predicted octanol–water partition coefficient (Wildman–Crippen LogP) is -1.12. The second kappa shape index (κ2) is 7.27. The highest BCUT2D eigenvalue weighted by Gasteiger charge is 2.10. The monoisotopic (exact) mass is 331 g/mol. The van der Waals surface area contributed by atoms with Crippen molar-refractivity contribution in [2.24, 2.45) is 0 Å². The topological polar surface area (TPSA) is 152 Å². The summed E-state index contributed by atoms with van der Waals surface area (Å²) < 4.78 is 21.0. The van der Waals surface area contributed by atoms with Gasteiger partial charge in [-0.25, -0.2) is 4.79 Å². The van der Waals surface area contributed by atoms with Gasteiger partial charge in [0.15, 0.2) is 6.79 Å². The smallest absolute Gasteiger partial charge is 0.328 e. The van der Waals surface area contributed by atoms with E-state index in [1.807, 2.05) is 0 Å². The summed E-state index contributed by atoms with van der Waals surface area (Å²) in [6.07, 6.45) is 1.42. The lowest BCUT2D eigenvalue weighted by Gasteiger charge is -2.06. The molecule has 0 aliphatic carbocycles. The molecule has 12 heteroatoms. The number of aryl methyl sites for hydroxylation is 1. The zero-order chi connectivity index (χ0) is 16.1. The highest BCUT2D eigenvalue weighted by Crippen LogP contribution is 2.14. The highest BCUT2D eigenvalue weighted by atomic mass is 31.1. The van der Waals surface area contributed by atoms with E-state index < -0.39 is 19.5 Å². The van der Waals surface area contributed by atoms with Crippen LogP contribution in [0.2, 0.25) is 0 Å². The Labute approximate surface area is 123 Å². The summed E-state index contributed by atoms with van der Waals surface area (Å²) in [5.74, 6) is 0. The van der Waals surface area contributed by atoms with Crippen LogP contribution in [0.5, 0.6) is 0 Å². The second-order valence-corrected chi connectivity index (χ2v) is 5.13. The van der Waals surface area contributed by atoms with E-state index in [0.717, 1.165) is 0 Å². The molecule has 0 amide bonds. The molecule has 0 saturated heterocycles. The van der Waals surface area contributed by atoms with Crippen molar-refractivity contribution in [2.75, 3.05) is 6.79 Å². The van der Waals surface area contributed by atoms with Gasteiger partial charge in [0.1, 0.15) is 5.69 Å². The van der Waals surface area contributed by atoms with E-state index in [2.05, 4.69) is 24.9 Å². The molecule has 0 saturated carbocycles. The van der Waals surface area contributed by atoms with E-state index >= 15 is 0 Å². The van der Waals surface area contributed by atoms with Crippen molar-refractivity contribution in [1.29, 1.82) is 0 Å². The third-order valence-corrected chi connectivity index (χ3v) is 3.09. The summed E-state index contributed by atoms with van der Waals surface area (Å²) in [7, 11) is -3.05. The fraction of sp³-hybridized carbons (Fsp3) is 0.400. The third-order valence-electron chi connectivity index (χ3n) is 2.73. The van der Waals surface area contributed by atoms with Crippen molar-refractivity contribution in [3.8, 4) is 0 Å². The molecule has 22 heavy (non-hydrogen) atoms. The molecule has 120 valence electrons. The highest BCUT2D eigenvalue weighted by molar-refractivity contribution is 7.32. The van der Waals surface area contributed by atoms with E-state index in [0.29, 0.717) is 17.0 Å². The molecule has 0 bridgehead atoms. The molecular formula is C10H14N5O6P. The number of rotatable bonds is 7. The molecule has 0 aliphatic rings. The van der Waals surface area contributed by atoms with Gasteiger partial charge >= 0.3 is 13.9 Å². The summed E-state index contributed by atoms with van der Waals surface area (Å²) in [6.45, 7) is 1.31. The molecule has 11 nitrogen and oxygen atoms in total. The van der Waals surface area contributed by atoms with Crippen LogP contribution in [0.15, 0.2) is 15.8 Å². The zero-order valence-corrected chi connectivity index (χ0v) is 12.5. The Morgan fingerprint density at radius 1 is 1.45 bits per heavy atom. The number of H-pyrrole nitrogens is 2. The number of hydrogen-bond donors (Lipinski definition) is 3. The molecule has 2 aromatic rings. The molecule has 1 unspecified atom stereocenters. The van der Waals surface area contributed by atoms with E-state index in [9.17, 15) is 14.2 Å². The first-order chi connectivity index (χ1) is 10.5. The van der Waals surface area contributed by atoms with E-state index in [1.165, 1.54) is 10.8 Å². The Morgan fingerprint density at radius 2 is 2.23 bits per heavy atom. The number of nitrogens with zero attached hydrogens (tertiary/aromatic N) is 3. The Balaban J connectivity index is 2.07. The predicted molar refractivity (Wildman–Crippen MR) is 73.5 cm³/mol. The largest absolute Gasteiger partial charge is 0.348 e. The summed E-state index contributed by atoms with van der Waals surface area (Å²) in [6, 6.07) is 0. The van der Waals surface area contributed by atoms with Gasteiger partial charge in [0.2, 0.25) is 0 Å². The molecular weight excluding hydrogens is 317 g/mol. The van der Waals surface area contributed by atoms with Crippen LogP contribution >= 0.6 is 8.25 Å². The maximum absolute atomic E-state index is 11.7. The fourth-order valence-corrected chi connectivity index (χ4v) is 1.83. The minimum atomic E-state index is -3.05. The molecule has 3 N–H and O–H groups in total. The molecule has 0 aromatic carbocycles. The molecule has 0 radical (unpaired) electrons. The molecule has 2 heterocycles. The second-order valence-electron chi connectivity index (χ2n) is 4.31. The van der Waals surface area contributed by atoms with Crippen LogP contribution in [0.25, 0.3) is 0 Å². The lowest BCUT2D eigenvalue weighted by atomic mass is 10.3. The first kappa shape index (κ1) is 16.3. The van der Waals surface area contributed by atoms with Crippen LogP contribution in [0, 0.1) is 6.92 Å². The Kier molecular flexibility index (Phi) is 5.39. The molecule has 0 aliphatic heterocycles. The summed E-state index contributed by atoms with van der Waals surface area (Å²) in [4.78, 5) is 33.7. The minimum absolute atomic E-state index is 0.0158. The van der Waals surface area contributed by atoms with Gasteiger partial charge in [0.05, 0.1) is 18.8 Å². The Hall–Kier alpha value is -2.07. The van der Waals surface area contributed by atoms with Crippen LogP contribution in [-0.2, 0) is 27.0 Å². The van der Waals surface area contributed by atoms with Crippen molar-refractivity contribution in [3.63, 3.8) is 0 Å². The summed E-state index contributed by atoms with van der Waals surface area (Å²) >= 11 is 0. The molecule has 2 rings (SSSR count). The van der Waals surface area contributed by atoms with E-state index in [-0.39, 0.29) is 19.9 Å². The first-order valence-corrected chi connectivity index (χ1v) is 7.36. The number of hydrogen-bond acceptors (Lipinski definition) is 7. The number of nitrogens with one attached hydrogen (secondary N) is 2. The Bertz CT molecular complexity index is 781. The number of aromatic nitrogens is 5. The maximum Gasteiger partial charge on any atom is 0.328 e. The van der Waals surface area contributed by atoms with Crippen molar-refractivity contribution in [3.05, 3.63) is 44.0 Å². The van der Waals surface area contributed by atoms with Crippen molar-refractivity contribution in [1.82, 2.24) is 25.0 Å². The van der Waals surface area contributed by atoms with Gasteiger partial charge in [-0.1, -0.05) is 5.21 Å². The van der Waals surface area contributed by atoms with E-state index in [1.54, 1.807) is 6.92 Å². The zero-order valence-electron chi connectivity index (χ0n) is 11.5. The van der Waals surface area contributed by atoms with Gasteiger partial charge in [-0.05, 0) is 6.92 Å². The van der Waals surface area contributed by atoms with Gasteiger partial charge in [-0.3, -0.25) is 28.5 Å². The normalized spacial score (nSPS) is 12.5. The molecule has 0 spiro atoms. The average molecular weight is 331 g/mol. The van der Waals surface area contributed by atoms with Gasteiger partial charge in [0, 0.05) is 11.8 Å². The van der Waals surface area contributed by atoms with Gasteiger partial charge in [-0.2, -0.15) is 0 Å². The fourth-order valence-electron chi connectivity index (χ4n) is 1.65. The molecule has 2 aromatic heterocycles.